The molecular weight excluding hydrogens is 190 g/mol. The Kier molecular flexibility index (Phi) is 1.94. The summed E-state index contributed by atoms with van der Waals surface area (Å²) in [7, 11) is 0. The number of pyridine rings is 1. The fourth-order valence-electron chi connectivity index (χ4n) is 1.16. The van der Waals surface area contributed by atoms with Crippen LogP contribution in [-0.4, -0.2) is 16.8 Å². The number of carbonyl (C=O) groups excluding carboxylic acids is 1. The van der Waals surface area contributed by atoms with E-state index in [0.29, 0.717) is 5.69 Å². The van der Waals surface area contributed by atoms with E-state index in [2.05, 4.69) is 10.3 Å². The number of alkyl halides is 2. The minimum absolute atomic E-state index is 0.348. The van der Waals surface area contributed by atoms with Crippen molar-refractivity contribution < 1.29 is 13.6 Å². The highest BCUT2D eigenvalue weighted by atomic mass is 19.3. The van der Waals surface area contributed by atoms with E-state index < -0.39 is 17.7 Å². The average Bonchev–Trinajstić information content (AvgIpc) is 2.77. The predicted molar refractivity (Wildman–Crippen MR) is 45.9 cm³/mol. The number of anilines is 1. The molecule has 1 N–H and O–H groups in total. The molecule has 1 atom stereocenters. The smallest absolute Gasteiger partial charge is 0.260 e. The molecule has 1 aromatic heterocycles. The Morgan fingerprint density at radius 1 is 1.64 bits per heavy atom. The van der Waals surface area contributed by atoms with Gasteiger partial charge in [-0.1, -0.05) is 0 Å². The monoisotopic (exact) mass is 198 g/mol. The lowest BCUT2D eigenvalue weighted by Gasteiger charge is -2.02. The van der Waals surface area contributed by atoms with Gasteiger partial charge in [0.1, 0.15) is 5.92 Å². The van der Waals surface area contributed by atoms with Crippen LogP contribution < -0.4 is 5.32 Å². The van der Waals surface area contributed by atoms with Gasteiger partial charge in [-0.2, -0.15) is 0 Å². The van der Waals surface area contributed by atoms with Crippen LogP contribution in [0.3, 0.4) is 0 Å². The van der Waals surface area contributed by atoms with E-state index >= 15 is 0 Å². The van der Waals surface area contributed by atoms with Crippen molar-refractivity contribution >= 4 is 11.6 Å². The molecule has 0 aromatic carbocycles. The lowest BCUT2D eigenvalue weighted by Crippen LogP contribution is -2.17. The van der Waals surface area contributed by atoms with Crippen LogP contribution in [0.5, 0.6) is 0 Å². The van der Waals surface area contributed by atoms with Crippen molar-refractivity contribution in [1.82, 2.24) is 4.98 Å². The van der Waals surface area contributed by atoms with E-state index in [9.17, 15) is 13.6 Å². The van der Waals surface area contributed by atoms with Crippen molar-refractivity contribution in [3.63, 3.8) is 0 Å². The molecule has 0 saturated heterocycles. The number of hydrogen-bond donors (Lipinski definition) is 1. The van der Waals surface area contributed by atoms with Crippen LogP contribution in [0, 0.1) is 5.92 Å². The maximum absolute atomic E-state index is 12.5. The number of nitrogens with one attached hydrogen (secondary N) is 1. The highest BCUT2D eigenvalue weighted by Crippen LogP contribution is 2.48. The molecule has 74 valence electrons. The van der Waals surface area contributed by atoms with Gasteiger partial charge in [0.25, 0.3) is 5.92 Å². The Balaban J connectivity index is 1.97. The van der Waals surface area contributed by atoms with E-state index in [1.54, 1.807) is 18.3 Å². The molecule has 2 rings (SSSR count). The van der Waals surface area contributed by atoms with Crippen molar-refractivity contribution in [2.45, 2.75) is 12.3 Å². The molecule has 1 aliphatic carbocycles. The van der Waals surface area contributed by atoms with Gasteiger partial charge in [0.2, 0.25) is 5.91 Å². The quantitative estimate of drug-likeness (QED) is 0.785. The van der Waals surface area contributed by atoms with E-state index in [4.69, 9.17) is 0 Å². The number of amides is 1. The summed E-state index contributed by atoms with van der Waals surface area (Å²) in [5.41, 5.74) is 0.445. The number of carbonyl (C=O) groups is 1. The average molecular weight is 198 g/mol. The topological polar surface area (TPSA) is 42.0 Å². The summed E-state index contributed by atoms with van der Waals surface area (Å²) in [6.07, 6.45) is 2.61. The van der Waals surface area contributed by atoms with Crippen LogP contribution in [0.15, 0.2) is 24.5 Å². The second-order valence-electron chi connectivity index (χ2n) is 3.25. The van der Waals surface area contributed by atoms with E-state index in [-0.39, 0.29) is 6.42 Å². The highest BCUT2D eigenvalue weighted by molar-refractivity contribution is 5.95. The molecule has 3 nitrogen and oxygen atoms in total. The highest BCUT2D eigenvalue weighted by Gasteiger charge is 2.61. The number of rotatable bonds is 2. The molecule has 5 heteroatoms. The van der Waals surface area contributed by atoms with Gasteiger partial charge in [0.15, 0.2) is 0 Å². The zero-order chi connectivity index (χ0) is 10.2. The fraction of sp³-hybridized carbons (Fsp3) is 0.333. The maximum Gasteiger partial charge on any atom is 0.260 e. The second kappa shape index (κ2) is 3.01. The van der Waals surface area contributed by atoms with Crippen LogP contribution in [-0.2, 0) is 4.79 Å². The van der Waals surface area contributed by atoms with Crippen LogP contribution in [0.4, 0.5) is 14.5 Å². The molecule has 1 fully saturated rings. The van der Waals surface area contributed by atoms with Crippen LogP contribution >= 0.6 is 0 Å². The molecule has 1 amide bonds. The third-order valence-electron chi connectivity index (χ3n) is 2.07. The molecule has 1 aromatic rings. The van der Waals surface area contributed by atoms with Crippen molar-refractivity contribution in [3.05, 3.63) is 24.5 Å². The van der Waals surface area contributed by atoms with Crippen molar-refractivity contribution in [3.8, 4) is 0 Å². The Labute approximate surface area is 79.1 Å². The lowest BCUT2D eigenvalue weighted by molar-refractivity contribution is -0.119. The molecular formula is C9H8F2N2O. The Bertz CT molecular complexity index is 353. The van der Waals surface area contributed by atoms with Crippen molar-refractivity contribution in [1.29, 1.82) is 0 Å². The Hall–Kier alpha value is -1.52. The molecule has 1 aliphatic rings. The number of aromatic nitrogens is 1. The normalized spacial score (nSPS) is 22.9. The SMILES string of the molecule is O=C(Nc1cccnc1)C1CC1(F)F. The van der Waals surface area contributed by atoms with Crippen LogP contribution in [0.25, 0.3) is 0 Å². The van der Waals surface area contributed by atoms with E-state index in [1.165, 1.54) is 6.20 Å². The van der Waals surface area contributed by atoms with Crippen molar-refractivity contribution in [2.75, 3.05) is 5.32 Å². The fourth-order valence-corrected chi connectivity index (χ4v) is 1.16. The van der Waals surface area contributed by atoms with Gasteiger partial charge in [0, 0.05) is 12.6 Å². The van der Waals surface area contributed by atoms with Gasteiger partial charge < -0.3 is 5.32 Å². The Morgan fingerprint density at radius 3 is 2.86 bits per heavy atom. The van der Waals surface area contributed by atoms with Crippen LogP contribution in [0.1, 0.15) is 6.42 Å². The first-order valence-electron chi connectivity index (χ1n) is 4.18. The summed E-state index contributed by atoms with van der Waals surface area (Å²) in [6.45, 7) is 0. The van der Waals surface area contributed by atoms with Gasteiger partial charge in [-0.3, -0.25) is 9.78 Å². The zero-order valence-corrected chi connectivity index (χ0v) is 7.21. The third-order valence-corrected chi connectivity index (χ3v) is 2.07. The summed E-state index contributed by atoms with van der Waals surface area (Å²) in [4.78, 5) is 14.9. The minimum atomic E-state index is -2.81. The summed E-state index contributed by atoms with van der Waals surface area (Å²) in [6, 6.07) is 3.23. The van der Waals surface area contributed by atoms with Crippen molar-refractivity contribution in [2.24, 2.45) is 5.92 Å². The first-order valence-corrected chi connectivity index (χ1v) is 4.18. The summed E-state index contributed by atoms with van der Waals surface area (Å²) in [5.74, 6) is -4.61. The molecule has 1 heterocycles. The first kappa shape index (κ1) is 9.05. The molecule has 0 bridgehead atoms. The minimum Gasteiger partial charge on any atom is -0.324 e. The predicted octanol–water partition coefficient (Wildman–Crippen LogP) is 1.68. The van der Waals surface area contributed by atoms with Gasteiger partial charge >= 0.3 is 0 Å². The van der Waals surface area contributed by atoms with Gasteiger partial charge in [-0.15, -0.1) is 0 Å². The molecule has 0 radical (unpaired) electrons. The van der Waals surface area contributed by atoms with E-state index in [1.807, 2.05) is 0 Å². The molecule has 0 spiro atoms. The van der Waals surface area contributed by atoms with Gasteiger partial charge in [-0.25, -0.2) is 8.78 Å². The summed E-state index contributed by atoms with van der Waals surface area (Å²) >= 11 is 0. The zero-order valence-electron chi connectivity index (χ0n) is 7.21. The maximum atomic E-state index is 12.5. The molecule has 0 aliphatic heterocycles. The molecule has 1 saturated carbocycles. The lowest BCUT2D eigenvalue weighted by atomic mass is 10.3. The Morgan fingerprint density at radius 2 is 2.36 bits per heavy atom. The van der Waals surface area contributed by atoms with Gasteiger partial charge in [-0.05, 0) is 12.1 Å². The molecule has 1 unspecified atom stereocenters. The number of nitrogens with zero attached hydrogens (tertiary/aromatic N) is 1. The standard InChI is InChI=1S/C9H8F2N2O/c10-9(11)4-7(9)8(14)13-6-2-1-3-12-5-6/h1-3,5,7H,4H2,(H,13,14). The molecule has 14 heavy (non-hydrogen) atoms. The first-order chi connectivity index (χ1) is 6.59. The van der Waals surface area contributed by atoms with E-state index in [0.717, 1.165) is 0 Å². The largest absolute Gasteiger partial charge is 0.324 e. The number of hydrogen-bond acceptors (Lipinski definition) is 2. The number of halogens is 2. The van der Waals surface area contributed by atoms with Crippen LogP contribution in [0.2, 0.25) is 0 Å². The summed E-state index contributed by atoms with van der Waals surface area (Å²) < 4.78 is 24.9. The third kappa shape index (κ3) is 1.71. The second-order valence-corrected chi connectivity index (χ2v) is 3.25. The van der Waals surface area contributed by atoms with Gasteiger partial charge in [0.05, 0.1) is 11.9 Å². The summed E-state index contributed by atoms with van der Waals surface area (Å²) in [5, 5.41) is 2.38.